The van der Waals surface area contributed by atoms with E-state index in [1.165, 1.54) is 12.1 Å². The highest BCUT2D eigenvalue weighted by atomic mass is 16.3. The molecule has 0 saturated heterocycles. The second-order valence-corrected chi connectivity index (χ2v) is 3.78. The highest BCUT2D eigenvalue weighted by Gasteiger charge is 2.14. The Morgan fingerprint density at radius 2 is 1.26 bits per heavy atom. The van der Waals surface area contributed by atoms with Crippen LogP contribution in [0.4, 0.5) is 11.4 Å². The first-order valence-electron chi connectivity index (χ1n) is 5.12. The number of phenols is 3. The minimum atomic E-state index is -0.406. The maximum absolute atomic E-state index is 10.5. The number of hydrogen-bond acceptors (Lipinski definition) is 7. The van der Waals surface area contributed by atoms with Gasteiger partial charge in [0, 0.05) is 18.2 Å². The van der Waals surface area contributed by atoms with Gasteiger partial charge in [-0.1, -0.05) is 0 Å². The van der Waals surface area contributed by atoms with Crippen molar-refractivity contribution in [2.75, 3.05) is 0 Å². The van der Waals surface area contributed by atoms with Crippen LogP contribution in [-0.2, 0) is 0 Å². The smallest absolute Gasteiger partial charge is 0.129 e. The largest absolute Gasteiger partial charge is 0.508 e. The molecule has 0 heterocycles. The molecule has 3 N–H and O–H groups in total. The highest BCUT2D eigenvalue weighted by molar-refractivity contribution is 5.81. The molecule has 2 aromatic rings. The predicted octanol–water partition coefficient (Wildman–Crippen LogP) is 3.27. The van der Waals surface area contributed by atoms with Gasteiger partial charge < -0.3 is 15.3 Å². The number of rotatable bonds is 3. The van der Waals surface area contributed by atoms with Crippen molar-refractivity contribution in [2.45, 2.75) is 0 Å². The molecule has 2 aromatic carbocycles. The minimum Gasteiger partial charge on any atom is -0.508 e. The standard InChI is InChI=1S/C12H8N2O5/c15-9-2-6(1-7(3-9)13-18)12-10(16)4-8(14-19)5-11(12)17/h1-5,15-17H. The fourth-order valence-electron chi connectivity index (χ4n) is 1.74. The highest BCUT2D eigenvalue weighted by Crippen LogP contribution is 2.42. The molecule has 0 amide bonds. The summed E-state index contributed by atoms with van der Waals surface area (Å²) in [6.07, 6.45) is 0. The first-order valence-corrected chi connectivity index (χ1v) is 5.12. The van der Waals surface area contributed by atoms with Crippen molar-refractivity contribution >= 4 is 11.4 Å². The summed E-state index contributed by atoms with van der Waals surface area (Å²) in [6.45, 7) is 0. The SMILES string of the molecule is O=Nc1cc(O)cc(-c2c(O)cc(N=O)cc2O)c1. The molecular weight excluding hydrogens is 252 g/mol. The van der Waals surface area contributed by atoms with Crippen LogP contribution in [0.3, 0.4) is 0 Å². The number of benzene rings is 2. The van der Waals surface area contributed by atoms with Gasteiger partial charge in [0.1, 0.15) is 28.6 Å². The number of aromatic hydroxyl groups is 3. The second kappa shape index (κ2) is 4.73. The Hall–Kier alpha value is -2.96. The van der Waals surface area contributed by atoms with Crippen molar-refractivity contribution < 1.29 is 15.3 Å². The zero-order chi connectivity index (χ0) is 14.0. The molecule has 96 valence electrons. The van der Waals surface area contributed by atoms with Crippen LogP contribution in [0.1, 0.15) is 0 Å². The minimum absolute atomic E-state index is 0.0341. The summed E-state index contributed by atoms with van der Waals surface area (Å²) in [5.41, 5.74) is -0.0609. The Morgan fingerprint density at radius 1 is 0.737 bits per heavy atom. The lowest BCUT2D eigenvalue weighted by molar-refractivity contribution is 0.454. The van der Waals surface area contributed by atoms with Crippen LogP contribution in [0.15, 0.2) is 40.7 Å². The van der Waals surface area contributed by atoms with Gasteiger partial charge in [-0.3, -0.25) is 0 Å². The van der Waals surface area contributed by atoms with Crippen LogP contribution in [0, 0.1) is 9.81 Å². The van der Waals surface area contributed by atoms with Crippen LogP contribution in [0.5, 0.6) is 17.2 Å². The third-order valence-corrected chi connectivity index (χ3v) is 2.48. The quantitative estimate of drug-likeness (QED) is 0.731. The summed E-state index contributed by atoms with van der Waals surface area (Å²) in [7, 11) is 0. The molecule has 0 atom stereocenters. The van der Waals surface area contributed by atoms with Crippen molar-refractivity contribution in [3.8, 4) is 28.4 Å². The van der Waals surface area contributed by atoms with Crippen molar-refractivity contribution in [1.82, 2.24) is 0 Å². The Morgan fingerprint density at radius 3 is 1.79 bits per heavy atom. The summed E-state index contributed by atoms with van der Waals surface area (Å²) >= 11 is 0. The van der Waals surface area contributed by atoms with Crippen LogP contribution < -0.4 is 0 Å². The van der Waals surface area contributed by atoms with E-state index >= 15 is 0 Å². The molecule has 0 aliphatic carbocycles. The van der Waals surface area contributed by atoms with Gasteiger partial charge in [0.25, 0.3) is 0 Å². The van der Waals surface area contributed by atoms with Gasteiger partial charge in [0.15, 0.2) is 0 Å². The van der Waals surface area contributed by atoms with E-state index in [4.69, 9.17) is 0 Å². The van der Waals surface area contributed by atoms with E-state index in [0.717, 1.165) is 18.2 Å². The average Bonchev–Trinajstić information content (AvgIpc) is 2.37. The van der Waals surface area contributed by atoms with Gasteiger partial charge in [-0.05, 0) is 28.0 Å². The number of phenolic OH excluding ortho intramolecular Hbond substituents is 3. The molecule has 0 aliphatic rings. The summed E-state index contributed by atoms with van der Waals surface area (Å²) in [5, 5.41) is 34.2. The fraction of sp³-hybridized carbons (Fsp3) is 0. The fourth-order valence-corrected chi connectivity index (χ4v) is 1.74. The third kappa shape index (κ3) is 2.34. The zero-order valence-corrected chi connectivity index (χ0v) is 9.44. The second-order valence-electron chi connectivity index (χ2n) is 3.78. The molecule has 19 heavy (non-hydrogen) atoms. The van der Waals surface area contributed by atoms with Gasteiger partial charge in [-0.25, -0.2) is 0 Å². The topological polar surface area (TPSA) is 120 Å². The van der Waals surface area contributed by atoms with Gasteiger partial charge in [-0.2, -0.15) is 0 Å². The molecular formula is C12H8N2O5. The third-order valence-electron chi connectivity index (χ3n) is 2.48. The van der Waals surface area contributed by atoms with E-state index in [0.29, 0.717) is 0 Å². The van der Waals surface area contributed by atoms with Crippen molar-refractivity contribution in [1.29, 1.82) is 0 Å². The van der Waals surface area contributed by atoms with Crippen molar-refractivity contribution in [3.63, 3.8) is 0 Å². The lowest BCUT2D eigenvalue weighted by Crippen LogP contribution is -1.81. The summed E-state index contributed by atoms with van der Waals surface area (Å²) in [5.74, 6) is -1.06. The van der Waals surface area contributed by atoms with Crippen LogP contribution in [0.2, 0.25) is 0 Å². The van der Waals surface area contributed by atoms with Gasteiger partial charge in [0.05, 0.1) is 5.56 Å². The normalized spacial score (nSPS) is 10.1. The lowest BCUT2D eigenvalue weighted by atomic mass is 10.0. The van der Waals surface area contributed by atoms with E-state index in [1.54, 1.807) is 0 Å². The lowest BCUT2D eigenvalue weighted by Gasteiger charge is -2.08. The molecule has 0 unspecified atom stereocenters. The van der Waals surface area contributed by atoms with Crippen LogP contribution >= 0.6 is 0 Å². The molecule has 0 bridgehead atoms. The van der Waals surface area contributed by atoms with E-state index in [9.17, 15) is 25.1 Å². The summed E-state index contributed by atoms with van der Waals surface area (Å²) in [4.78, 5) is 20.8. The first-order chi connectivity index (χ1) is 9.05. The van der Waals surface area contributed by atoms with E-state index < -0.39 is 11.5 Å². The molecule has 0 spiro atoms. The summed E-state index contributed by atoms with van der Waals surface area (Å²) < 4.78 is 0. The molecule has 7 heteroatoms. The molecule has 0 radical (unpaired) electrons. The number of hydrogen-bond donors (Lipinski definition) is 3. The van der Waals surface area contributed by atoms with E-state index in [-0.39, 0.29) is 28.3 Å². The number of nitroso groups, excluding NO2 is 2. The van der Waals surface area contributed by atoms with Crippen LogP contribution in [-0.4, -0.2) is 15.3 Å². The Bertz CT molecular complexity index is 646. The van der Waals surface area contributed by atoms with Gasteiger partial charge in [0.2, 0.25) is 0 Å². The predicted molar refractivity (Wildman–Crippen MR) is 67.8 cm³/mol. The maximum atomic E-state index is 10.5. The van der Waals surface area contributed by atoms with E-state index in [1.807, 2.05) is 0 Å². The summed E-state index contributed by atoms with van der Waals surface area (Å²) in [6, 6.07) is 5.75. The van der Waals surface area contributed by atoms with Gasteiger partial charge >= 0.3 is 0 Å². The van der Waals surface area contributed by atoms with Crippen LogP contribution in [0.25, 0.3) is 11.1 Å². The van der Waals surface area contributed by atoms with Crippen molar-refractivity contribution in [2.24, 2.45) is 10.4 Å². The first kappa shape index (κ1) is 12.5. The molecule has 0 aromatic heterocycles. The Labute approximate surface area is 106 Å². The average molecular weight is 260 g/mol. The molecule has 0 aliphatic heterocycles. The van der Waals surface area contributed by atoms with Gasteiger partial charge in [-0.15, -0.1) is 9.81 Å². The monoisotopic (exact) mass is 260 g/mol. The molecule has 2 rings (SSSR count). The maximum Gasteiger partial charge on any atom is 0.129 e. The number of nitrogens with zero attached hydrogens (tertiary/aromatic N) is 2. The van der Waals surface area contributed by atoms with Crippen molar-refractivity contribution in [3.05, 3.63) is 40.1 Å². The molecule has 0 fully saturated rings. The molecule has 0 saturated carbocycles. The molecule has 7 nitrogen and oxygen atoms in total. The Kier molecular flexibility index (Phi) is 3.11. The zero-order valence-electron chi connectivity index (χ0n) is 9.44. The van der Waals surface area contributed by atoms with E-state index in [2.05, 4.69) is 10.4 Å². The Balaban J connectivity index is 2.68.